The average Bonchev–Trinajstić information content (AvgIpc) is 3.12. The minimum atomic E-state index is -3.08. The molecule has 0 aromatic rings. The van der Waals surface area contributed by atoms with Crippen LogP contribution in [0.4, 0.5) is 0 Å². The summed E-state index contributed by atoms with van der Waals surface area (Å²) >= 11 is 19.3. The molecule has 1 nitrogen and oxygen atoms in total. The third-order valence-corrected chi connectivity index (χ3v) is 39.8. The van der Waals surface area contributed by atoms with Crippen LogP contribution in [-0.4, -0.2) is 46.1 Å². The molecule has 0 bridgehead atoms. The van der Waals surface area contributed by atoms with Crippen molar-refractivity contribution in [2.75, 3.05) is 6.61 Å². The van der Waals surface area contributed by atoms with Gasteiger partial charge in [0.1, 0.15) is 0 Å². The van der Waals surface area contributed by atoms with Crippen LogP contribution in [0.3, 0.4) is 0 Å². The molecular formula is C39H72Cl2OP2. The number of rotatable bonds is 10. The van der Waals surface area contributed by atoms with Gasteiger partial charge in [-0.2, -0.15) is 0 Å². The van der Waals surface area contributed by atoms with E-state index in [0.29, 0.717) is 34.0 Å². The van der Waals surface area contributed by atoms with Crippen LogP contribution in [0.1, 0.15) is 200 Å². The van der Waals surface area contributed by atoms with Crippen molar-refractivity contribution >= 4 is 34.4 Å². The molecule has 258 valence electrons. The van der Waals surface area contributed by atoms with Crippen molar-refractivity contribution in [1.29, 1.82) is 0 Å². The molecule has 6 aliphatic rings. The Kier molecular flexibility index (Phi) is 12.1. The van der Waals surface area contributed by atoms with Gasteiger partial charge in [0.05, 0.1) is 0 Å². The minimum absolute atomic E-state index is 0.226. The summed E-state index contributed by atoms with van der Waals surface area (Å²) in [5, 5.41) is 0. The van der Waals surface area contributed by atoms with Gasteiger partial charge in [0.15, 0.2) is 0 Å². The van der Waals surface area contributed by atoms with Crippen LogP contribution < -0.4 is 0 Å². The number of halogens is 2. The second-order valence-corrected chi connectivity index (χ2v) is 32.7. The summed E-state index contributed by atoms with van der Waals surface area (Å²) in [7, 11) is 0. The van der Waals surface area contributed by atoms with Crippen molar-refractivity contribution < 1.29 is 4.74 Å². The predicted octanol–water partition coefficient (Wildman–Crippen LogP) is 14.7. The summed E-state index contributed by atoms with van der Waals surface area (Å²) in [4.78, 5) is 0. The summed E-state index contributed by atoms with van der Waals surface area (Å²) in [6, 6.07) is 0. The molecule has 6 saturated carbocycles. The fraction of sp³-hybridized carbons (Fsp3) is 1.00. The van der Waals surface area contributed by atoms with E-state index in [1.807, 2.05) is 0 Å². The van der Waals surface area contributed by atoms with E-state index in [4.69, 9.17) is 4.74 Å². The summed E-state index contributed by atoms with van der Waals surface area (Å²) in [5.74, 6) is -6.15. The molecule has 5 heteroatoms. The molecule has 0 amide bonds. The molecule has 0 aliphatic heterocycles. The third kappa shape index (κ3) is 5.76. The summed E-state index contributed by atoms with van der Waals surface area (Å²) < 4.78 is 7.95. The molecule has 0 radical (unpaired) electrons. The van der Waals surface area contributed by atoms with E-state index in [-0.39, 0.29) is 5.59 Å². The van der Waals surface area contributed by atoms with Crippen LogP contribution in [0.5, 0.6) is 0 Å². The Morgan fingerprint density at radius 2 is 0.568 bits per heavy atom. The second kappa shape index (κ2) is 15.1. The van der Waals surface area contributed by atoms with Gasteiger partial charge in [0.25, 0.3) is 0 Å². The maximum absolute atomic E-state index is 9.66. The summed E-state index contributed by atoms with van der Waals surface area (Å²) in [6.45, 7) is 3.19. The van der Waals surface area contributed by atoms with Gasteiger partial charge < -0.3 is 0 Å². The zero-order valence-electron chi connectivity index (χ0n) is 29.0. The first-order chi connectivity index (χ1) is 21.5. The maximum atomic E-state index is 9.66. The SMILES string of the molecule is CCOC(P(Cl)(C1CCCCC1)(C1CCCCC1)C1CCCCC1)P(Cl)(C1CCCCC1)(C1CCCCC1)C1CCCCC1. The van der Waals surface area contributed by atoms with Gasteiger partial charge in [-0.05, 0) is 0 Å². The van der Waals surface area contributed by atoms with Gasteiger partial charge in [-0.25, -0.2) is 0 Å². The van der Waals surface area contributed by atoms with Gasteiger partial charge in [0, 0.05) is 0 Å². The molecule has 0 unspecified atom stereocenters. The zero-order chi connectivity index (χ0) is 30.6. The van der Waals surface area contributed by atoms with Crippen molar-refractivity contribution in [2.45, 2.75) is 239 Å². The Bertz CT molecular complexity index is 723. The molecule has 6 rings (SSSR count). The van der Waals surface area contributed by atoms with Crippen LogP contribution in [0, 0.1) is 0 Å². The van der Waals surface area contributed by atoms with Crippen LogP contribution in [0.25, 0.3) is 0 Å². The monoisotopic (exact) mass is 688 g/mol. The van der Waals surface area contributed by atoms with Gasteiger partial charge in [-0.3, -0.25) is 0 Å². The fourth-order valence-corrected chi connectivity index (χ4v) is 44.3. The van der Waals surface area contributed by atoms with E-state index in [1.54, 1.807) is 0 Å². The van der Waals surface area contributed by atoms with Crippen LogP contribution in [0.15, 0.2) is 0 Å². The van der Waals surface area contributed by atoms with Gasteiger partial charge in [-0.1, -0.05) is 0 Å². The van der Waals surface area contributed by atoms with Crippen LogP contribution in [0.2, 0.25) is 0 Å². The molecule has 0 spiro atoms. The topological polar surface area (TPSA) is 9.23 Å². The molecule has 6 fully saturated rings. The quantitative estimate of drug-likeness (QED) is 0.208. The average molecular weight is 690 g/mol. The van der Waals surface area contributed by atoms with Crippen molar-refractivity contribution in [2.24, 2.45) is 0 Å². The first-order valence-electron chi connectivity index (χ1n) is 20.5. The van der Waals surface area contributed by atoms with Gasteiger partial charge >= 0.3 is 285 Å². The second-order valence-electron chi connectivity index (χ2n) is 17.1. The van der Waals surface area contributed by atoms with Crippen molar-refractivity contribution in [3.05, 3.63) is 0 Å². The molecule has 0 aromatic carbocycles. The van der Waals surface area contributed by atoms with E-state index in [1.165, 1.54) is 193 Å². The molecule has 0 atom stereocenters. The van der Waals surface area contributed by atoms with E-state index in [0.717, 1.165) is 6.61 Å². The van der Waals surface area contributed by atoms with Crippen LogP contribution in [-0.2, 0) is 4.74 Å². The normalized spacial score (nSPS) is 30.2. The summed E-state index contributed by atoms with van der Waals surface area (Å²) in [6.07, 6.45) is 42.1. The Labute approximate surface area is 283 Å². The van der Waals surface area contributed by atoms with Crippen molar-refractivity contribution in [3.63, 3.8) is 0 Å². The van der Waals surface area contributed by atoms with E-state index < -0.39 is 11.9 Å². The molecular weight excluding hydrogens is 617 g/mol. The Morgan fingerprint density at radius 3 is 0.727 bits per heavy atom. The van der Waals surface area contributed by atoms with E-state index in [9.17, 15) is 22.5 Å². The molecule has 0 aromatic heterocycles. The Hall–Kier alpha value is 1.40. The number of hydrogen-bond donors (Lipinski definition) is 0. The molecule has 0 N–H and O–H groups in total. The van der Waals surface area contributed by atoms with Gasteiger partial charge in [-0.15, -0.1) is 0 Å². The third-order valence-electron chi connectivity index (χ3n) is 15.3. The van der Waals surface area contributed by atoms with Gasteiger partial charge in [0.2, 0.25) is 0 Å². The Morgan fingerprint density at radius 1 is 0.386 bits per heavy atom. The zero-order valence-corrected chi connectivity index (χ0v) is 32.3. The summed E-state index contributed by atoms with van der Waals surface area (Å²) in [5.41, 5.74) is 4.45. The molecule has 6 aliphatic carbocycles. The number of hydrogen-bond acceptors (Lipinski definition) is 1. The van der Waals surface area contributed by atoms with Crippen molar-refractivity contribution in [3.8, 4) is 0 Å². The first-order valence-corrected chi connectivity index (χ1v) is 27.4. The molecule has 0 saturated heterocycles. The standard InChI is InChI=1S/C39H72Cl2OP2/c1-2-42-39(43(40,33-21-9-3-10-22-33,34-23-11-4-12-24-34)35-25-13-5-14-26-35)44(41,36-27-15-6-16-28-36,37-29-17-7-18-30-37)38-31-19-8-20-32-38/h33-39H,2-32H2,1H3. The van der Waals surface area contributed by atoms with Crippen molar-refractivity contribution in [1.82, 2.24) is 0 Å². The Balaban J connectivity index is 1.68. The van der Waals surface area contributed by atoms with E-state index in [2.05, 4.69) is 6.92 Å². The predicted molar refractivity (Wildman–Crippen MR) is 202 cm³/mol. The molecule has 44 heavy (non-hydrogen) atoms. The van der Waals surface area contributed by atoms with Crippen LogP contribution >= 0.6 is 34.4 Å². The first kappa shape index (κ1) is 35.2. The van der Waals surface area contributed by atoms with E-state index >= 15 is 0 Å². The molecule has 0 heterocycles. The fourth-order valence-electron chi connectivity index (χ4n) is 13.6. The number of ether oxygens (including phenoxy) is 1.